The Balaban J connectivity index is 3.22. The van der Waals surface area contributed by atoms with Gasteiger partial charge < -0.3 is 5.32 Å². The number of halogens is 4. The number of hydrogen-bond donors (Lipinski definition) is 1. The van der Waals surface area contributed by atoms with Crippen LogP contribution in [0.15, 0.2) is 0 Å². The maximum atomic E-state index is 11.6. The lowest BCUT2D eigenvalue weighted by molar-refractivity contribution is -0.135. The largest absolute Gasteiger partial charge is 0.389 e. The van der Waals surface area contributed by atoms with Crippen molar-refractivity contribution < 1.29 is 18.0 Å². The van der Waals surface area contributed by atoms with E-state index in [-0.39, 0.29) is 17.7 Å². The fourth-order valence-electron chi connectivity index (χ4n) is 0.725. The summed E-state index contributed by atoms with van der Waals surface area (Å²) in [7, 11) is 0. The van der Waals surface area contributed by atoms with Crippen molar-refractivity contribution in [1.29, 1.82) is 0 Å². The van der Waals surface area contributed by atoms with Crippen LogP contribution in [0.4, 0.5) is 13.2 Å². The van der Waals surface area contributed by atoms with Crippen molar-refractivity contribution in [2.24, 2.45) is 0 Å². The Bertz CT molecular complexity index is 160. The van der Waals surface area contributed by atoms with Crippen LogP contribution in [0.25, 0.3) is 0 Å². The molecule has 0 saturated carbocycles. The number of unbranched alkanes of at least 4 members (excludes halogenated alkanes) is 1. The summed E-state index contributed by atoms with van der Waals surface area (Å²) in [6, 6.07) is 0. The molecule has 2 nitrogen and oxygen atoms in total. The summed E-state index contributed by atoms with van der Waals surface area (Å²) in [4.78, 5) is 10.6. The Labute approximate surface area is 83.0 Å². The molecule has 0 aromatic rings. The van der Waals surface area contributed by atoms with Gasteiger partial charge in [0.2, 0.25) is 5.91 Å². The first-order valence-electron chi connectivity index (χ1n) is 3.85. The Morgan fingerprint density at radius 3 is 2.38 bits per heavy atom. The van der Waals surface area contributed by atoms with E-state index < -0.39 is 12.6 Å². The number of carbonyl (C=O) groups excluding carboxylic acids is 1. The summed E-state index contributed by atoms with van der Waals surface area (Å²) < 4.78 is 34.8. The van der Waals surface area contributed by atoms with Gasteiger partial charge in [0.25, 0.3) is 0 Å². The van der Waals surface area contributed by atoms with Gasteiger partial charge in [-0.05, 0) is 12.8 Å². The highest BCUT2D eigenvalue weighted by Crippen LogP contribution is 2.21. The van der Waals surface area contributed by atoms with E-state index in [1.807, 2.05) is 0 Å². The van der Waals surface area contributed by atoms with Gasteiger partial charge in [-0.3, -0.25) is 4.79 Å². The summed E-state index contributed by atoms with van der Waals surface area (Å²) in [5, 5.41) is 2.65. The third-order valence-corrected chi connectivity index (χ3v) is 1.84. The quantitative estimate of drug-likeness (QED) is 0.597. The zero-order chi connectivity index (χ0) is 10.3. The van der Waals surface area contributed by atoms with Crippen molar-refractivity contribution in [1.82, 2.24) is 5.32 Å². The summed E-state index contributed by atoms with van der Waals surface area (Å²) in [5.74, 6) is -0.202. The Kier molecular flexibility index (Phi) is 6.11. The molecule has 0 heterocycles. The molecule has 0 aliphatic rings. The molecule has 0 radical (unpaired) electrons. The minimum Gasteiger partial charge on any atom is -0.355 e. The van der Waals surface area contributed by atoms with Crippen LogP contribution < -0.4 is 5.32 Å². The molecule has 6 heteroatoms. The highest BCUT2D eigenvalue weighted by atomic mass is 79.9. The minimum atomic E-state index is -4.08. The van der Waals surface area contributed by atoms with E-state index in [0.717, 1.165) is 0 Å². The lowest BCUT2D eigenvalue weighted by Gasteiger charge is -2.05. The average Bonchev–Trinajstić information content (AvgIpc) is 2.01. The molecule has 1 N–H and O–H groups in total. The minimum absolute atomic E-state index is 0.0616. The van der Waals surface area contributed by atoms with Crippen molar-refractivity contribution in [3.8, 4) is 0 Å². The van der Waals surface area contributed by atoms with E-state index in [1.165, 1.54) is 0 Å². The number of nitrogens with one attached hydrogen (secondary N) is 1. The highest BCUT2D eigenvalue weighted by Gasteiger charge is 2.25. The summed E-state index contributed by atoms with van der Waals surface area (Å²) >= 11 is 2.92. The topological polar surface area (TPSA) is 29.1 Å². The van der Waals surface area contributed by atoms with Gasteiger partial charge in [0, 0.05) is 13.0 Å². The smallest absolute Gasteiger partial charge is 0.355 e. The van der Waals surface area contributed by atoms with Crippen LogP contribution in [0.5, 0.6) is 0 Å². The fraction of sp³-hybridized carbons (Fsp3) is 0.857. The molecule has 0 aromatic heterocycles. The molecular weight excluding hydrogens is 251 g/mol. The zero-order valence-electron chi connectivity index (χ0n) is 6.96. The van der Waals surface area contributed by atoms with Crippen LogP contribution in [0.1, 0.15) is 19.3 Å². The van der Waals surface area contributed by atoms with E-state index in [9.17, 15) is 18.0 Å². The fourth-order valence-corrected chi connectivity index (χ4v) is 0.924. The monoisotopic (exact) mass is 261 g/mol. The molecule has 0 aliphatic carbocycles. The van der Waals surface area contributed by atoms with E-state index in [2.05, 4.69) is 21.2 Å². The van der Waals surface area contributed by atoms with Gasteiger partial charge in [0.15, 0.2) is 0 Å². The van der Waals surface area contributed by atoms with Gasteiger partial charge in [-0.1, -0.05) is 15.9 Å². The normalized spacial score (nSPS) is 11.4. The lowest BCUT2D eigenvalue weighted by Crippen LogP contribution is -2.25. The van der Waals surface area contributed by atoms with E-state index in [0.29, 0.717) is 13.0 Å². The highest BCUT2D eigenvalue weighted by molar-refractivity contribution is 9.09. The second-order valence-corrected chi connectivity index (χ2v) is 3.12. The molecule has 0 aliphatic heterocycles. The summed E-state index contributed by atoms with van der Waals surface area (Å²) in [6.45, 7) is 0.306. The van der Waals surface area contributed by atoms with Crippen LogP contribution in [0.2, 0.25) is 0 Å². The molecule has 0 atom stereocenters. The van der Waals surface area contributed by atoms with E-state index in [4.69, 9.17) is 0 Å². The number of carbonyl (C=O) groups is 1. The number of alkyl halides is 4. The van der Waals surface area contributed by atoms with E-state index in [1.54, 1.807) is 0 Å². The van der Waals surface area contributed by atoms with Gasteiger partial charge in [0.05, 0.1) is 5.33 Å². The molecule has 0 aromatic carbocycles. The van der Waals surface area contributed by atoms with Gasteiger partial charge >= 0.3 is 6.18 Å². The van der Waals surface area contributed by atoms with Crippen molar-refractivity contribution in [2.45, 2.75) is 25.4 Å². The third-order valence-electron chi connectivity index (χ3n) is 1.33. The summed E-state index contributed by atoms with van der Waals surface area (Å²) in [6.07, 6.45) is -4.44. The van der Waals surface area contributed by atoms with Gasteiger partial charge in [-0.15, -0.1) is 0 Å². The third kappa shape index (κ3) is 9.66. The maximum Gasteiger partial charge on any atom is 0.389 e. The molecule has 78 valence electrons. The first kappa shape index (κ1) is 12.7. The van der Waals surface area contributed by atoms with Gasteiger partial charge in [-0.2, -0.15) is 13.2 Å². The van der Waals surface area contributed by atoms with Crippen molar-refractivity contribution >= 4 is 21.8 Å². The van der Waals surface area contributed by atoms with Crippen LogP contribution in [0.3, 0.4) is 0 Å². The van der Waals surface area contributed by atoms with Gasteiger partial charge in [0.1, 0.15) is 0 Å². The number of rotatable bonds is 5. The standard InChI is InChI=1S/C7H11BrF3NO/c8-5-6(13)12-4-2-1-3-7(9,10)11/h1-5H2,(H,12,13). The Morgan fingerprint density at radius 1 is 1.31 bits per heavy atom. The predicted octanol–water partition coefficient (Wildman–Crippen LogP) is 2.23. The van der Waals surface area contributed by atoms with Crippen LogP contribution >= 0.6 is 15.9 Å². The molecule has 13 heavy (non-hydrogen) atoms. The maximum absolute atomic E-state index is 11.6. The first-order valence-corrected chi connectivity index (χ1v) is 4.97. The van der Waals surface area contributed by atoms with E-state index >= 15 is 0 Å². The lowest BCUT2D eigenvalue weighted by atomic mass is 10.2. The van der Waals surface area contributed by atoms with Gasteiger partial charge in [-0.25, -0.2) is 0 Å². The second kappa shape index (κ2) is 6.23. The molecule has 0 bridgehead atoms. The van der Waals surface area contributed by atoms with Crippen molar-refractivity contribution in [3.05, 3.63) is 0 Å². The average molecular weight is 262 g/mol. The summed E-state index contributed by atoms with van der Waals surface area (Å²) in [5.41, 5.74) is 0. The zero-order valence-corrected chi connectivity index (χ0v) is 8.54. The van der Waals surface area contributed by atoms with Crippen molar-refractivity contribution in [2.75, 3.05) is 11.9 Å². The predicted molar refractivity (Wildman–Crippen MR) is 46.7 cm³/mol. The molecule has 0 unspecified atom stereocenters. The molecule has 0 spiro atoms. The molecule has 0 rings (SSSR count). The molecule has 1 amide bonds. The molecule has 0 fully saturated rings. The SMILES string of the molecule is O=C(CBr)NCCCCC(F)(F)F. The van der Waals surface area contributed by atoms with Crippen LogP contribution in [0, 0.1) is 0 Å². The number of amides is 1. The Morgan fingerprint density at radius 2 is 1.92 bits per heavy atom. The first-order chi connectivity index (χ1) is 5.95. The second-order valence-electron chi connectivity index (χ2n) is 2.56. The van der Waals surface area contributed by atoms with Crippen LogP contribution in [-0.4, -0.2) is 24.0 Å². The molecular formula is C7H11BrF3NO. The Hall–Kier alpha value is -0.260. The van der Waals surface area contributed by atoms with Crippen LogP contribution in [-0.2, 0) is 4.79 Å². The molecule has 0 saturated heterocycles. The number of hydrogen-bond acceptors (Lipinski definition) is 1. The van der Waals surface area contributed by atoms with Crippen molar-refractivity contribution in [3.63, 3.8) is 0 Å².